The van der Waals surface area contributed by atoms with Crippen LogP contribution in [0.25, 0.3) is 0 Å². The van der Waals surface area contributed by atoms with Crippen molar-refractivity contribution >= 4 is 27.6 Å². The Kier molecular flexibility index (Phi) is 4.19. The molecule has 1 heterocycles. The molecule has 2 amide bonds. The van der Waals surface area contributed by atoms with E-state index in [9.17, 15) is 9.18 Å². The van der Waals surface area contributed by atoms with Crippen molar-refractivity contribution in [3.63, 3.8) is 0 Å². The molecule has 1 fully saturated rings. The van der Waals surface area contributed by atoms with Crippen LogP contribution in [0.5, 0.6) is 0 Å². The molecule has 98 valence electrons. The largest absolute Gasteiger partial charge is 0.394 e. The number of aliphatic hydroxyl groups excluding tert-OH is 1. The Morgan fingerprint density at radius 3 is 3.06 bits per heavy atom. The molecule has 0 radical (unpaired) electrons. The number of nitrogens with one attached hydrogen (secondary N) is 1. The van der Waals surface area contributed by atoms with E-state index < -0.39 is 0 Å². The van der Waals surface area contributed by atoms with E-state index in [4.69, 9.17) is 5.11 Å². The normalized spacial score (nSPS) is 19.1. The first kappa shape index (κ1) is 13.3. The van der Waals surface area contributed by atoms with Gasteiger partial charge < -0.3 is 15.3 Å². The number of nitrogens with zero attached hydrogens (tertiary/aromatic N) is 1. The Morgan fingerprint density at radius 1 is 1.61 bits per heavy atom. The van der Waals surface area contributed by atoms with Crippen molar-refractivity contribution in [2.24, 2.45) is 0 Å². The fourth-order valence-electron chi connectivity index (χ4n) is 2.07. The lowest BCUT2D eigenvalue weighted by Crippen LogP contribution is -2.40. The zero-order chi connectivity index (χ0) is 13.1. The number of hydrogen-bond acceptors (Lipinski definition) is 2. The number of anilines is 1. The number of aliphatic hydroxyl groups is 1. The van der Waals surface area contributed by atoms with Crippen molar-refractivity contribution in [3.8, 4) is 0 Å². The Morgan fingerprint density at radius 2 is 2.39 bits per heavy atom. The molecule has 1 aromatic rings. The van der Waals surface area contributed by atoms with Crippen molar-refractivity contribution in [2.75, 3.05) is 18.5 Å². The number of carbonyl (C=O) groups is 1. The molecule has 1 aromatic carbocycles. The topological polar surface area (TPSA) is 52.6 Å². The first-order chi connectivity index (χ1) is 8.61. The summed E-state index contributed by atoms with van der Waals surface area (Å²) in [5, 5.41) is 11.9. The maximum absolute atomic E-state index is 12.9. The molecule has 0 spiro atoms. The lowest BCUT2D eigenvalue weighted by molar-refractivity contribution is 0.166. The van der Waals surface area contributed by atoms with E-state index in [1.54, 1.807) is 4.90 Å². The van der Waals surface area contributed by atoms with Crippen LogP contribution < -0.4 is 5.32 Å². The number of amides is 2. The van der Waals surface area contributed by atoms with Crippen molar-refractivity contribution < 1.29 is 14.3 Å². The quantitative estimate of drug-likeness (QED) is 0.881. The number of carbonyl (C=O) groups excluding carboxylic acids is 1. The van der Waals surface area contributed by atoms with Gasteiger partial charge in [-0.05, 0) is 47.0 Å². The zero-order valence-corrected chi connectivity index (χ0v) is 11.3. The van der Waals surface area contributed by atoms with Crippen molar-refractivity contribution in [2.45, 2.75) is 18.9 Å². The van der Waals surface area contributed by atoms with Gasteiger partial charge in [-0.15, -0.1) is 0 Å². The van der Waals surface area contributed by atoms with Gasteiger partial charge in [0.05, 0.1) is 18.3 Å². The van der Waals surface area contributed by atoms with Gasteiger partial charge in [-0.1, -0.05) is 0 Å². The van der Waals surface area contributed by atoms with Gasteiger partial charge in [-0.2, -0.15) is 0 Å². The lowest BCUT2D eigenvalue weighted by Gasteiger charge is -2.23. The number of rotatable bonds is 2. The monoisotopic (exact) mass is 316 g/mol. The van der Waals surface area contributed by atoms with Gasteiger partial charge in [0.25, 0.3) is 0 Å². The Labute approximate surface area is 113 Å². The fraction of sp³-hybridized carbons (Fsp3) is 0.417. The van der Waals surface area contributed by atoms with Crippen LogP contribution in [0.2, 0.25) is 0 Å². The SMILES string of the molecule is O=C(Nc1ccc(F)cc1Br)N1CCCC1CO. The molecule has 18 heavy (non-hydrogen) atoms. The maximum Gasteiger partial charge on any atom is 0.322 e. The zero-order valence-electron chi connectivity index (χ0n) is 9.70. The number of halogens is 2. The Hall–Kier alpha value is -1.14. The van der Waals surface area contributed by atoms with E-state index in [1.807, 2.05) is 0 Å². The first-order valence-electron chi connectivity index (χ1n) is 5.75. The summed E-state index contributed by atoms with van der Waals surface area (Å²) in [6.07, 6.45) is 1.71. The molecule has 0 bridgehead atoms. The van der Waals surface area contributed by atoms with E-state index in [-0.39, 0.29) is 24.5 Å². The lowest BCUT2D eigenvalue weighted by atomic mass is 10.2. The van der Waals surface area contributed by atoms with E-state index >= 15 is 0 Å². The number of hydrogen-bond donors (Lipinski definition) is 2. The number of benzene rings is 1. The van der Waals surface area contributed by atoms with Crippen LogP contribution in [0.1, 0.15) is 12.8 Å². The number of urea groups is 1. The Bertz CT molecular complexity index is 456. The molecule has 2 N–H and O–H groups in total. The second-order valence-electron chi connectivity index (χ2n) is 4.23. The molecule has 1 atom stereocenters. The molecule has 2 rings (SSSR count). The summed E-state index contributed by atoms with van der Waals surface area (Å²) in [6.45, 7) is 0.605. The summed E-state index contributed by atoms with van der Waals surface area (Å²) >= 11 is 3.19. The van der Waals surface area contributed by atoms with E-state index in [2.05, 4.69) is 21.2 Å². The average molecular weight is 317 g/mol. The van der Waals surface area contributed by atoms with Crippen molar-refractivity contribution in [3.05, 3.63) is 28.5 Å². The molecule has 1 aliphatic heterocycles. The summed E-state index contributed by atoms with van der Waals surface area (Å²) < 4.78 is 13.4. The molecule has 0 saturated carbocycles. The molecule has 1 aliphatic rings. The molecule has 4 nitrogen and oxygen atoms in total. The van der Waals surface area contributed by atoms with Crippen LogP contribution in [0.3, 0.4) is 0 Å². The highest BCUT2D eigenvalue weighted by molar-refractivity contribution is 9.10. The van der Waals surface area contributed by atoms with Gasteiger partial charge in [0, 0.05) is 11.0 Å². The molecular formula is C12H14BrFN2O2. The van der Waals surface area contributed by atoms with Gasteiger partial charge in [-0.3, -0.25) is 0 Å². The molecular weight excluding hydrogens is 303 g/mol. The first-order valence-corrected chi connectivity index (χ1v) is 6.54. The van der Waals surface area contributed by atoms with Gasteiger partial charge >= 0.3 is 6.03 Å². The van der Waals surface area contributed by atoms with Crippen LogP contribution >= 0.6 is 15.9 Å². The third-order valence-electron chi connectivity index (χ3n) is 3.02. The average Bonchev–Trinajstić information content (AvgIpc) is 2.81. The van der Waals surface area contributed by atoms with Gasteiger partial charge in [0.15, 0.2) is 0 Å². The minimum Gasteiger partial charge on any atom is -0.394 e. The van der Waals surface area contributed by atoms with Crippen LogP contribution in [-0.2, 0) is 0 Å². The van der Waals surface area contributed by atoms with E-state index in [1.165, 1.54) is 18.2 Å². The summed E-state index contributed by atoms with van der Waals surface area (Å²) in [5.74, 6) is -0.366. The van der Waals surface area contributed by atoms with Crippen LogP contribution in [0, 0.1) is 5.82 Å². The van der Waals surface area contributed by atoms with Crippen LogP contribution in [0.15, 0.2) is 22.7 Å². The minimum atomic E-state index is -0.366. The highest BCUT2D eigenvalue weighted by atomic mass is 79.9. The van der Waals surface area contributed by atoms with E-state index in [0.717, 1.165) is 12.8 Å². The third-order valence-corrected chi connectivity index (χ3v) is 3.68. The molecule has 1 saturated heterocycles. The Balaban J connectivity index is 2.07. The smallest absolute Gasteiger partial charge is 0.322 e. The van der Waals surface area contributed by atoms with E-state index in [0.29, 0.717) is 16.7 Å². The summed E-state index contributed by atoms with van der Waals surface area (Å²) in [6, 6.07) is 3.70. The fourth-order valence-corrected chi connectivity index (χ4v) is 2.52. The van der Waals surface area contributed by atoms with Crippen molar-refractivity contribution in [1.82, 2.24) is 4.90 Å². The van der Waals surface area contributed by atoms with Crippen LogP contribution in [0.4, 0.5) is 14.9 Å². The summed E-state index contributed by atoms with van der Waals surface area (Å²) in [4.78, 5) is 13.6. The standard InChI is InChI=1S/C12H14BrFN2O2/c13-10-6-8(14)3-4-11(10)15-12(18)16-5-1-2-9(16)7-17/h3-4,6,9,17H,1-2,5,7H2,(H,15,18). The van der Waals surface area contributed by atoms with Gasteiger partial charge in [0.1, 0.15) is 5.82 Å². The van der Waals surface area contributed by atoms with Crippen LogP contribution in [-0.4, -0.2) is 35.2 Å². The second kappa shape index (κ2) is 5.67. The highest BCUT2D eigenvalue weighted by Crippen LogP contribution is 2.25. The van der Waals surface area contributed by atoms with Crippen molar-refractivity contribution in [1.29, 1.82) is 0 Å². The summed E-state index contributed by atoms with van der Waals surface area (Å²) in [7, 11) is 0. The minimum absolute atomic E-state index is 0.0298. The number of likely N-dealkylation sites (tertiary alicyclic amines) is 1. The third kappa shape index (κ3) is 2.81. The predicted octanol–water partition coefficient (Wildman–Crippen LogP) is 2.58. The molecule has 0 aromatic heterocycles. The maximum atomic E-state index is 12.9. The van der Waals surface area contributed by atoms with Gasteiger partial charge in [0.2, 0.25) is 0 Å². The highest BCUT2D eigenvalue weighted by Gasteiger charge is 2.28. The molecule has 1 unspecified atom stereocenters. The predicted molar refractivity (Wildman–Crippen MR) is 69.9 cm³/mol. The molecule has 0 aliphatic carbocycles. The second-order valence-corrected chi connectivity index (χ2v) is 5.08. The summed E-state index contributed by atoms with van der Waals surface area (Å²) in [5.41, 5.74) is 0.519. The molecule has 6 heteroatoms. The van der Waals surface area contributed by atoms with Gasteiger partial charge in [-0.25, -0.2) is 9.18 Å².